The molecule has 3 unspecified atom stereocenters. The Balaban J connectivity index is 0.000000142. The van der Waals surface area contributed by atoms with Crippen LogP contribution in [0.2, 0.25) is 0 Å². The molecule has 106 heavy (non-hydrogen) atoms. The molecular formula is C80H95ClN10O11S4. The van der Waals surface area contributed by atoms with Crippen molar-refractivity contribution in [1.29, 1.82) is 0 Å². The van der Waals surface area contributed by atoms with E-state index in [1.165, 1.54) is 51.9 Å². The van der Waals surface area contributed by atoms with Crippen LogP contribution < -0.4 is 26.6 Å². The number of hydrogen-bond acceptors (Lipinski definition) is 22. The summed E-state index contributed by atoms with van der Waals surface area (Å²) in [6.45, 7) is 19.3. The second kappa shape index (κ2) is 44.1. The molecule has 7 aliphatic rings. The number of fused-ring (bicyclic) bond motifs is 8. The molecule has 3 saturated heterocycles. The molecule has 15 rings (SSSR count). The molecule has 26 heteroatoms. The number of carbonyl (C=O) groups excluding carboxylic acids is 1. The molecule has 3 fully saturated rings. The van der Waals surface area contributed by atoms with E-state index in [1.807, 2.05) is 96.3 Å². The summed E-state index contributed by atoms with van der Waals surface area (Å²) in [5.41, 5.74) is 8.85. The molecule has 3 atom stereocenters. The van der Waals surface area contributed by atoms with Gasteiger partial charge in [0.2, 0.25) is 0 Å². The summed E-state index contributed by atoms with van der Waals surface area (Å²) < 4.78 is 16.0. The monoisotopic (exact) mass is 1530 g/mol. The number of carboxylic acids is 2. The molecule has 7 heterocycles. The SMILES string of the molecule is ClC1Nc2ccccc2Sc2ccccc21.O=C(O)/C=C/C(=O)O.O=C1Nc2ccccc2Sc2ccccc21.OCCOCCN1CCN(C2Nc3ccccc3Sc3ccccc32)CC1.OCCOCCN1CCN(C2Nc3ccccc3Sc3ccccc32)CC1.OCCOCCN1CCNCC1. The van der Waals surface area contributed by atoms with Crippen LogP contribution in [0.3, 0.4) is 0 Å². The predicted octanol–water partition coefficient (Wildman–Crippen LogP) is 12.3. The van der Waals surface area contributed by atoms with Gasteiger partial charge in [0, 0.05) is 183 Å². The molecule has 8 aromatic rings. The van der Waals surface area contributed by atoms with Gasteiger partial charge in [-0.15, -0.1) is 0 Å². The highest BCUT2D eigenvalue weighted by Gasteiger charge is 2.32. The Labute approximate surface area is 643 Å². The third kappa shape index (κ3) is 25.0. The van der Waals surface area contributed by atoms with E-state index < -0.39 is 11.9 Å². The number of hydrogen-bond donors (Lipinski definition) is 10. The van der Waals surface area contributed by atoms with E-state index in [1.54, 1.807) is 23.5 Å². The summed E-state index contributed by atoms with van der Waals surface area (Å²) in [6.07, 6.45) is 1.51. The number of ether oxygens (including phenoxy) is 3. The fourth-order valence-corrected chi connectivity index (χ4v) is 17.0. The average molecular weight is 1540 g/mol. The Morgan fingerprint density at radius 2 is 0.717 bits per heavy atom. The molecule has 7 aliphatic heterocycles. The number of amides is 1. The lowest BCUT2D eigenvalue weighted by Crippen LogP contribution is -2.49. The fourth-order valence-electron chi connectivity index (χ4n) is 12.4. The van der Waals surface area contributed by atoms with Gasteiger partial charge in [-0.3, -0.25) is 29.3 Å². The van der Waals surface area contributed by atoms with Gasteiger partial charge in [0.1, 0.15) is 17.8 Å². The molecule has 0 aromatic heterocycles. The average Bonchev–Trinajstić information content (AvgIpc) is 1.65. The first-order chi connectivity index (χ1) is 51.9. The molecule has 0 bridgehead atoms. The maximum absolute atomic E-state index is 11.9. The number of anilines is 4. The van der Waals surface area contributed by atoms with Crippen molar-refractivity contribution in [3.63, 3.8) is 0 Å². The number of aliphatic carboxylic acids is 2. The Bertz CT molecular complexity index is 3930. The zero-order valence-electron chi connectivity index (χ0n) is 59.3. The van der Waals surface area contributed by atoms with Crippen molar-refractivity contribution in [2.45, 2.75) is 57.0 Å². The number of carbonyl (C=O) groups is 3. The van der Waals surface area contributed by atoms with Gasteiger partial charge in [0.25, 0.3) is 5.91 Å². The summed E-state index contributed by atoms with van der Waals surface area (Å²) in [6, 6.07) is 66.6. The van der Waals surface area contributed by atoms with Gasteiger partial charge in [0.15, 0.2) is 0 Å². The quantitative estimate of drug-likeness (QED) is 0.0156. The van der Waals surface area contributed by atoms with Gasteiger partial charge >= 0.3 is 11.9 Å². The first-order valence-electron chi connectivity index (χ1n) is 35.7. The van der Waals surface area contributed by atoms with E-state index in [2.05, 4.69) is 172 Å². The summed E-state index contributed by atoms with van der Waals surface area (Å²) in [5, 5.41) is 58.8. The Kier molecular flexibility index (Phi) is 33.7. The minimum Gasteiger partial charge on any atom is -0.478 e. The van der Waals surface area contributed by atoms with E-state index in [9.17, 15) is 14.4 Å². The van der Waals surface area contributed by atoms with Crippen molar-refractivity contribution in [2.75, 3.05) is 179 Å². The highest BCUT2D eigenvalue weighted by molar-refractivity contribution is 8.00. The van der Waals surface area contributed by atoms with Crippen LogP contribution in [-0.4, -0.2) is 226 Å². The third-order valence-electron chi connectivity index (χ3n) is 17.8. The van der Waals surface area contributed by atoms with Crippen molar-refractivity contribution >= 4 is 99.2 Å². The van der Waals surface area contributed by atoms with Crippen molar-refractivity contribution in [3.05, 3.63) is 229 Å². The van der Waals surface area contributed by atoms with Crippen LogP contribution in [0.5, 0.6) is 0 Å². The van der Waals surface area contributed by atoms with Gasteiger partial charge in [-0.1, -0.05) is 174 Å². The number of aliphatic hydroxyl groups excluding tert-OH is 3. The van der Waals surface area contributed by atoms with Crippen LogP contribution in [0.25, 0.3) is 0 Å². The molecule has 21 nitrogen and oxygen atoms in total. The summed E-state index contributed by atoms with van der Waals surface area (Å²) in [7, 11) is 0. The number of aliphatic hydroxyl groups is 3. The number of nitrogens with zero attached hydrogens (tertiary/aromatic N) is 5. The molecule has 8 aromatic carbocycles. The summed E-state index contributed by atoms with van der Waals surface area (Å²) in [4.78, 5) is 53.2. The molecule has 0 spiro atoms. The first-order valence-corrected chi connectivity index (χ1v) is 39.4. The zero-order valence-corrected chi connectivity index (χ0v) is 63.3. The fraction of sp³-hybridized carbons (Fsp3) is 0.338. The number of rotatable bonds is 19. The van der Waals surface area contributed by atoms with Gasteiger partial charge < -0.3 is 66.3 Å². The van der Waals surface area contributed by atoms with Gasteiger partial charge in [-0.25, -0.2) is 9.59 Å². The number of piperazine rings is 3. The summed E-state index contributed by atoms with van der Waals surface area (Å²) in [5.74, 6) is -2.55. The van der Waals surface area contributed by atoms with E-state index in [4.69, 9.17) is 51.3 Å². The Morgan fingerprint density at radius 3 is 1.13 bits per heavy atom. The number of para-hydroxylation sites is 4. The highest BCUT2D eigenvalue weighted by Crippen LogP contribution is 2.46. The summed E-state index contributed by atoms with van der Waals surface area (Å²) >= 11 is 13.4. The highest BCUT2D eigenvalue weighted by atomic mass is 35.5. The molecular weight excluding hydrogens is 1440 g/mol. The first kappa shape index (κ1) is 81.0. The topological polar surface area (TPSA) is 256 Å². The van der Waals surface area contributed by atoms with Gasteiger partial charge in [-0.05, 0) is 78.9 Å². The number of nitrogens with one attached hydrogen (secondary N) is 5. The van der Waals surface area contributed by atoms with Crippen LogP contribution in [0.4, 0.5) is 22.7 Å². The van der Waals surface area contributed by atoms with E-state index in [-0.39, 0.29) is 43.6 Å². The lowest BCUT2D eigenvalue weighted by atomic mass is 10.1. The van der Waals surface area contributed by atoms with Crippen molar-refractivity contribution in [3.8, 4) is 0 Å². The van der Waals surface area contributed by atoms with Gasteiger partial charge in [0.05, 0.1) is 70.7 Å². The second-order valence-corrected chi connectivity index (χ2v) is 29.7. The van der Waals surface area contributed by atoms with Crippen LogP contribution in [0.15, 0.2) is 245 Å². The third-order valence-corrected chi connectivity index (χ3v) is 22.8. The van der Waals surface area contributed by atoms with Crippen molar-refractivity contribution < 1.29 is 54.1 Å². The van der Waals surface area contributed by atoms with Crippen LogP contribution in [0.1, 0.15) is 44.9 Å². The van der Waals surface area contributed by atoms with Crippen LogP contribution in [-0.2, 0) is 23.8 Å². The molecule has 0 saturated carbocycles. The number of alkyl halides is 1. The Morgan fingerprint density at radius 1 is 0.396 bits per heavy atom. The van der Waals surface area contributed by atoms with E-state index >= 15 is 0 Å². The van der Waals surface area contributed by atoms with Crippen LogP contribution in [0, 0.1) is 0 Å². The smallest absolute Gasteiger partial charge is 0.328 e. The van der Waals surface area contributed by atoms with Crippen molar-refractivity contribution in [2.24, 2.45) is 0 Å². The lowest BCUT2D eigenvalue weighted by Gasteiger charge is -2.40. The van der Waals surface area contributed by atoms with E-state index in [0.717, 1.165) is 137 Å². The molecule has 1 amide bonds. The van der Waals surface area contributed by atoms with Crippen LogP contribution >= 0.6 is 58.6 Å². The number of carboxylic acid groups (broad SMARTS) is 2. The minimum absolute atomic E-state index is 0.0342. The standard InChI is InChI=1S/2C21H27N3O2S.C13H10ClNS.C13H9NOS.C8H18N2O2.C4H4O4/c2*25-14-16-26-15-13-23-9-11-24(12-10-23)21-17-5-1-3-7-19(17)27-20-8-4-2-6-18(20)22-21;14-13-9-5-1-3-7-11(9)16-12-8-4-2-6-10(12)15-13;15-13-9-5-1-3-7-11(9)16-12-8-4-2-6-10(12)14-13;11-6-8-12-7-5-10-3-1-9-2-4-10;5-3(6)1-2-4(7)8/h2*1-8,21-22,25H,9-16H2;1-8,13,15H;1-8H,(H,14,15);9,11H,1-8H2;1-2H,(H,5,6)(H,7,8)/b;;;;;2-1+. The largest absolute Gasteiger partial charge is 0.478 e. The number of benzene rings is 8. The molecule has 0 aliphatic carbocycles. The van der Waals surface area contributed by atoms with E-state index in [0.29, 0.717) is 45.2 Å². The normalized spacial score (nSPS) is 18.1. The van der Waals surface area contributed by atoms with Crippen molar-refractivity contribution in [1.82, 2.24) is 29.8 Å². The minimum atomic E-state index is -1.26. The second-order valence-electron chi connectivity index (χ2n) is 24.9. The van der Waals surface area contributed by atoms with Gasteiger partial charge in [-0.2, -0.15) is 0 Å². The maximum Gasteiger partial charge on any atom is 0.328 e. The molecule has 10 N–H and O–H groups in total. The maximum atomic E-state index is 11.9. The number of halogens is 1. The molecule has 0 radical (unpaired) electrons. The Hall–Kier alpha value is -7.48. The predicted molar refractivity (Wildman–Crippen MR) is 424 cm³/mol. The zero-order chi connectivity index (χ0) is 74.1. The lowest BCUT2D eigenvalue weighted by molar-refractivity contribution is -0.134. The molecule has 562 valence electrons.